The number of rotatable bonds is 4. The summed E-state index contributed by atoms with van der Waals surface area (Å²) in [6.07, 6.45) is 4.92. The molecule has 1 aliphatic rings. The molecule has 0 atom stereocenters. The molecule has 2 rings (SSSR count). The molecule has 0 aromatic carbocycles. The molecular weight excluding hydrogens is 238 g/mol. The van der Waals surface area contributed by atoms with Gasteiger partial charge < -0.3 is 14.5 Å². The van der Waals surface area contributed by atoms with E-state index in [4.69, 9.17) is 9.15 Å². The second kappa shape index (κ2) is 5.60. The minimum Gasteiger partial charge on any atom is -0.472 e. The Morgan fingerprint density at radius 3 is 2.94 bits per heavy atom. The van der Waals surface area contributed by atoms with Crippen molar-refractivity contribution in [3.8, 4) is 0 Å². The first-order chi connectivity index (χ1) is 8.26. The number of thioether (sulfide) groups is 1. The van der Waals surface area contributed by atoms with Crippen LogP contribution in [-0.2, 0) is 4.74 Å². The van der Waals surface area contributed by atoms with Gasteiger partial charge in [0.05, 0.1) is 17.4 Å². The van der Waals surface area contributed by atoms with E-state index in [1.807, 2.05) is 11.8 Å². The summed E-state index contributed by atoms with van der Waals surface area (Å²) in [4.78, 5) is 11.8. The van der Waals surface area contributed by atoms with Crippen LogP contribution < -0.4 is 5.32 Å². The Hall–Kier alpha value is -0.940. The Morgan fingerprint density at radius 1 is 1.59 bits per heavy atom. The van der Waals surface area contributed by atoms with Gasteiger partial charge in [0.1, 0.15) is 6.26 Å². The Morgan fingerprint density at radius 2 is 2.35 bits per heavy atom. The van der Waals surface area contributed by atoms with Gasteiger partial charge in [0.25, 0.3) is 5.91 Å². The topological polar surface area (TPSA) is 51.5 Å². The van der Waals surface area contributed by atoms with E-state index >= 15 is 0 Å². The van der Waals surface area contributed by atoms with E-state index < -0.39 is 0 Å². The van der Waals surface area contributed by atoms with Crippen LogP contribution in [0.5, 0.6) is 0 Å². The maximum atomic E-state index is 11.8. The smallest absolute Gasteiger partial charge is 0.254 e. The fraction of sp³-hybridized carbons (Fsp3) is 0.583. The van der Waals surface area contributed by atoms with Gasteiger partial charge in [0.15, 0.2) is 0 Å². The molecule has 4 nitrogen and oxygen atoms in total. The predicted octanol–water partition coefficient (Wildman–Crippen LogP) is 1.92. The third-order valence-electron chi connectivity index (χ3n) is 3.19. The molecule has 1 aromatic heterocycles. The van der Waals surface area contributed by atoms with Crippen LogP contribution in [0.2, 0.25) is 0 Å². The highest BCUT2D eigenvalue weighted by molar-refractivity contribution is 7.99. The van der Waals surface area contributed by atoms with Crippen LogP contribution in [0.15, 0.2) is 23.0 Å². The maximum Gasteiger partial charge on any atom is 0.254 e. The average molecular weight is 255 g/mol. The van der Waals surface area contributed by atoms with Crippen molar-refractivity contribution >= 4 is 17.7 Å². The molecule has 0 radical (unpaired) electrons. The molecule has 1 N–H and O–H groups in total. The van der Waals surface area contributed by atoms with E-state index in [0.29, 0.717) is 12.1 Å². The third kappa shape index (κ3) is 3.04. The zero-order valence-corrected chi connectivity index (χ0v) is 10.7. The quantitative estimate of drug-likeness (QED) is 0.893. The SMILES string of the molecule is COC1(CNC(=O)c2ccoc2)CCSCC1. The van der Waals surface area contributed by atoms with Crippen molar-refractivity contribution in [1.82, 2.24) is 5.32 Å². The van der Waals surface area contributed by atoms with Gasteiger partial charge in [-0.05, 0) is 30.4 Å². The van der Waals surface area contributed by atoms with Crippen LogP contribution in [-0.4, -0.2) is 36.7 Å². The van der Waals surface area contributed by atoms with Crippen molar-refractivity contribution in [2.24, 2.45) is 0 Å². The standard InChI is InChI=1S/C12H17NO3S/c1-15-12(3-6-17-7-4-12)9-13-11(14)10-2-5-16-8-10/h2,5,8H,3-4,6-7,9H2,1H3,(H,13,14). The fourth-order valence-corrected chi connectivity index (χ4v) is 3.17. The first-order valence-corrected chi connectivity index (χ1v) is 6.84. The second-order valence-electron chi connectivity index (χ2n) is 4.19. The Balaban J connectivity index is 1.89. The lowest BCUT2D eigenvalue weighted by Crippen LogP contribution is -2.46. The van der Waals surface area contributed by atoms with Gasteiger partial charge in [-0.25, -0.2) is 0 Å². The van der Waals surface area contributed by atoms with Crippen molar-refractivity contribution in [1.29, 1.82) is 0 Å². The summed E-state index contributed by atoms with van der Waals surface area (Å²) in [5, 5.41) is 2.91. The summed E-state index contributed by atoms with van der Waals surface area (Å²) in [7, 11) is 1.72. The molecule has 1 aliphatic heterocycles. The summed E-state index contributed by atoms with van der Waals surface area (Å²) < 4.78 is 10.5. The van der Waals surface area contributed by atoms with E-state index in [1.165, 1.54) is 12.5 Å². The normalized spacial score (nSPS) is 18.9. The Labute approximate surface area is 105 Å². The molecule has 0 saturated carbocycles. The number of furan rings is 1. The molecule has 17 heavy (non-hydrogen) atoms. The molecule has 0 bridgehead atoms. The average Bonchev–Trinajstić information content (AvgIpc) is 2.91. The van der Waals surface area contributed by atoms with Crippen LogP contribution in [0.1, 0.15) is 23.2 Å². The van der Waals surface area contributed by atoms with Gasteiger partial charge in [-0.3, -0.25) is 4.79 Å². The number of ether oxygens (including phenoxy) is 1. The molecular formula is C12H17NO3S. The first kappa shape index (κ1) is 12.5. The molecule has 1 aromatic rings. The van der Waals surface area contributed by atoms with Crippen molar-refractivity contribution in [2.75, 3.05) is 25.2 Å². The monoisotopic (exact) mass is 255 g/mol. The van der Waals surface area contributed by atoms with Crippen LogP contribution in [0.3, 0.4) is 0 Å². The van der Waals surface area contributed by atoms with Gasteiger partial charge in [0.2, 0.25) is 0 Å². The Bertz CT molecular complexity index is 358. The van der Waals surface area contributed by atoms with E-state index in [1.54, 1.807) is 13.2 Å². The first-order valence-electron chi connectivity index (χ1n) is 5.69. The van der Waals surface area contributed by atoms with Gasteiger partial charge in [0, 0.05) is 13.7 Å². The summed E-state index contributed by atoms with van der Waals surface area (Å²) in [6, 6.07) is 1.66. The molecule has 2 heterocycles. The Kier molecular flexibility index (Phi) is 4.12. The number of nitrogens with one attached hydrogen (secondary N) is 1. The van der Waals surface area contributed by atoms with E-state index in [-0.39, 0.29) is 11.5 Å². The molecule has 1 fully saturated rings. The molecule has 1 amide bonds. The number of amides is 1. The van der Waals surface area contributed by atoms with Gasteiger partial charge >= 0.3 is 0 Å². The lowest BCUT2D eigenvalue weighted by Gasteiger charge is -2.35. The van der Waals surface area contributed by atoms with Crippen LogP contribution in [0.4, 0.5) is 0 Å². The number of carbonyl (C=O) groups excluding carboxylic acids is 1. The van der Waals surface area contributed by atoms with E-state index in [2.05, 4.69) is 5.32 Å². The molecule has 0 spiro atoms. The van der Waals surface area contributed by atoms with E-state index in [0.717, 1.165) is 24.3 Å². The highest BCUT2D eigenvalue weighted by atomic mass is 32.2. The molecule has 94 valence electrons. The zero-order chi connectivity index (χ0) is 12.1. The molecule has 0 aliphatic carbocycles. The number of hydrogen-bond donors (Lipinski definition) is 1. The molecule has 1 saturated heterocycles. The number of hydrogen-bond acceptors (Lipinski definition) is 4. The summed E-state index contributed by atoms with van der Waals surface area (Å²) in [5.41, 5.74) is 0.367. The predicted molar refractivity (Wildman–Crippen MR) is 67.3 cm³/mol. The molecule has 0 unspecified atom stereocenters. The summed E-state index contributed by atoms with van der Waals surface area (Å²) in [5.74, 6) is 2.08. The second-order valence-corrected chi connectivity index (χ2v) is 5.42. The number of carbonyl (C=O) groups is 1. The van der Waals surface area contributed by atoms with Crippen molar-refractivity contribution in [3.63, 3.8) is 0 Å². The van der Waals surface area contributed by atoms with Gasteiger partial charge in [-0.2, -0.15) is 11.8 Å². The van der Waals surface area contributed by atoms with Crippen LogP contribution in [0.25, 0.3) is 0 Å². The minimum atomic E-state index is -0.190. The van der Waals surface area contributed by atoms with Crippen molar-refractivity contribution in [3.05, 3.63) is 24.2 Å². The van der Waals surface area contributed by atoms with Crippen molar-refractivity contribution < 1.29 is 13.9 Å². The van der Waals surface area contributed by atoms with Crippen molar-refractivity contribution in [2.45, 2.75) is 18.4 Å². The van der Waals surface area contributed by atoms with Gasteiger partial charge in [-0.1, -0.05) is 0 Å². The third-order valence-corrected chi connectivity index (χ3v) is 4.18. The van der Waals surface area contributed by atoms with Gasteiger partial charge in [-0.15, -0.1) is 0 Å². The summed E-state index contributed by atoms with van der Waals surface area (Å²) in [6.45, 7) is 0.564. The lowest BCUT2D eigenvalue weighted by molar-refractivity contribution is -0.0149. The summed E-state index contributed by atoms with van der Waals surface area (Å²) >= 11 is 1.94. The highest BCUT2D eigenvalue weighted by Crippen LogP contribution is 2.29. The molecule has 5 heteroatoms. The lowest BCUT2D eigenvalue weighted by atomic mass is 9.96. The van der Waals surface area contributed by atoms with Crippen LogP contribution in [0, 0.1) is 0 Å². The zero-order valence-electron chi connectivity index (χ0n) is 9.90. The minimum absolute atomic E-state index is 0.103. The maximum absolute atomic E-state index is 11.8. The fourth-order valence-electron chi connectivity index (χ4n) is 1.93. The largest absolute Gasteiger partial charge is 0.472 e. The van der Waals surface area contributed by atoms with E-state index in [9.17, 15) is 4.79 Å². The number of methoxy groups -OCH3 is 1. The van der Waals surface area contributed by atoms with Crippen LogP contribution >= 0.6 is 11.8 Å². The highest BCUT2D eigenvalue weighted by Gasteiger charge is 2.32.